The zero-order valence-corrected chi connectivity index (χ0v) is 12.0. The van der Waals surface area contributed by atoms with Crippen LogP contribution >= 0.6 is 0 Å². The largest absolute Gasteiger partial charge is 0.326 e. The monoisotopic (exact) mass is 264 g/mol. The van der Waals surface area contributed by atoms with Gasteiger partial charge in [0.15, 0.2) is 0 Å². The molecular weight excluding hydrogens is 239 g/mol. The summed E-state index contributed by atoms with van der Waals surface area (Å²) in [5.41, 5.74) is 7.35. The van der Waals surface area contributed by atoms with Gasteiger partial charge in [-0.2, -0.15) is 0 Å². The molecule has 0 heterocycles. The lowest BCUT2D eigenvalue weighted by Gasteiger charge is -2.35. The molecule has 3 heteroatoms. The van der Waals surface area contributed by atoms with E-state index < -0.39 is 0 Å². The number of hydrogen-bond donors (Lipinski definition) is 1. The predicted molar refractivity (Wildman–Crippen MR) is 77.4 cm³/mol. The minimum Gasteiger partial charge on any atom is -0.326 e. The summed E-state index contributed by atoms with van der Waals surface area (Å²) in [4.78, 5) is 2.53. The van der Waals surface area contributed by atoms with Crippen molar-refractivity contribution in [3.8, 4) is 0 Å². The van der Waals surface area contributed by atoms with Crippen LogP contribution in [0.15, 0.2) is 24.3 Å². The molecule has 0 spiro atoms. The van der Waals surface area contributed by atoms with Crippen molar-refractivity contribution >= 4 is 0 Å². The summed E-state index contributed by atoms with van der Waals surface area (Å²) >= 11 is 0. The fourth-order valence-electron chi connectivity index (χ4n) is 2.75. The van der Waals surface area contributed by atoms with E-state index in [1.54, 1.807) is 0 Å². The van der Waals surface area contributed by atoms with Gasteiger partial charge in [0.1, 0.15) is 5.82 Å². The molecule has 0 aromatic heterocycles. The van der Waals surface area contributed by atoms with Crippen molar-refractivity contribution in [2.24, 2.45) is 5.73 Å². The minimum absolute atomic E-state index is 0.0583. The van der Waals surface area contributed by atoms with Gasteiger partial charge >= 0.3 is 0 Å². The van der Waals surface area contributed by atoms with Gasteiger partial charge < -0.3 is 5.73 Å². The fraction of sp³-hybridized carbons (Fsp3) is 0.625. The van der Waals surface area contributed by atoms with Crippen LogP contribution in [-0.2, 0) is 0 Å². The number of nitrogens with zero attached hydrogens (tertiary/aromatic N) is 1. The van der Waals surface area contributed by atoms with Gasteiger partial charge in [-0.25, -0.2) is 4.39 Å². The van der Waals surface area contributed by atoms with E-state index in [1.165, 1.54) is 37.8 Å². The van der Waals surface area contributed by atoms with E-state index in [1.807, 2.05) is 12.1 Å². The summed E-state index contributed by atoms with van der Waals surface area (Å²) in [6, 6.07) is 7.77. The third-order valence-corrected chi connectivity index (χ3v) is 3.85. The summed E-state index contributed by atoms with van der Waals surface area (Å²) in [6.45, 7) is 5.35. The fourth-order valence-corrected chi connectivity index (χ4v) is 2.75. The van der Waals surface area contributed by atoms with Gasteiger partial charge in [0.25, 0.3) is 0 Å². The Labute approximate surface area is 115 Å². The lowest BCUT2D eigenvalue weighted by atomic mass is 9.98. The zero-order chi connectivity index (χ0) is 13.8. The molecular formula is C16H25FN2. The number of benzene rings is 1. The summed E-state index contributed by atoms with van der Waals surface area (Å²) in [6.07, 6.45) is 4.93. The molecule has 2 N–H and O–H groups in total. The molecule has 0 saturated heterocycles. The van der Waals surface area contributed by atoms with Crippen molar-refractivity contribution in [1.29, 1.82) is 0 Å². The van der Waals surface area contributed by atoms with E-state index in [0.29, 0.717) is 6.04 Å². The lowest BCUT2D eigenvalue weighted by molar-refractivity contribution is 0.164. The Balaban J connectivity index is 2.19. The van der Waals surface area contributed by atoms with Crippen LogP contribution in [0.1, 0.15) is 51.1 Å². The first-order valence-electron chi connectivity index (χ1n) is 7.40. The van der Waals surface area contributed by atoms with Crippen LogP contribution in [0, 0.1) is 5.82 Å². The van der Waals surface area contributed by atoms with Crippen LogP contribution in [0.3, 0.4) is 0 Å². The van der Waals surface area contributed by atoms with E-state index in [9.17, 15) is 4.39 Å². The normalized spacial score (nSPS) is 18.6. The molecule has 1 aromatic carbocycles. The van der Waals surface area contributed by atoms with Gasteiger partial charge in [0, 0.05) is 18.1 Å². The molecule has 0 radical (unpaired) electrons. The van der Waals surface area contributed by atoms with Crippen molar-refractivity contribution < 1.29 is 4.39 Å². The summed E-state index contributed by atoms with van der Waals surface area (Å²) in [5.74, 6) is -0.182. The van der Waals surface area contributed by atoms with E-state index in [-0.39, 0.29) is 17.9 Å². The van der Waals surface area contributed by atoms with Crippen LogP contribution in [-0.4, -0.2) is 23.5 Å². The molecule has 1 aliphatic rings. The number of rotatable bonds is 7. The van der Waals surface area contributed by atoms with E-state index in [4.69, 9.17) is 5.73 Å². The van der Waals surface area contributed by atoms with Crippen LogP contribution < -0.4 is 5.73 Å². The van der Waals surface area contributed by atoms with E-state index in [2.05, 4.69) is 18.7 Å². The average molecular weight is 264 g/mol. The molecule has 1 fully saturated rings. The van der Waals surface area contributed by atoms with Gasteiger partial charge in [-0.05, 0) is 50.4 Å². The second-order valence-corrected chi connectivity index (χ2v) is 5.68. The van der Waals surface area contributed by atoms with Crippen LogP contribution in [0.2, 0.25) is 0 Å². The Morgan fingerprint density at radius 3 is 2.42 bits per heavy atom. The molecule has 0 amide bonds. The van der Waals surface area contributed by atoms with Crippen molar-refractivity contribution in [3.05, 3.63) is 35.6 Å². The Hall–Kier alpha value is -0.930. The van der Waals surface area contributed by atoms with Crippen molar-refractivity contribution in [3.63, 3.8) is 0 Å². The van der Waals surface area contributed by atoms with Crippen LogP contribution in [0.5, 0.6) is 0 Å². The molecule has 1 aromatic rings. The molecule has 1 saturated carbocycles. The predicted octanol–water partition coefficient (Wildman–Crippen LogP) is 3.48. The number of hydrogen-bond acceptors (Lipinski definition) is 2. The summed E-state index contributed by atoms with van der Waals surface area (Å²) in [5, 5.41) is 0. The highest BCUT2D eigenvalue weighted by molar-refractivity contribution is 5.22. The number of nitrogens with two attached hydrogens (primary N) is 1. The Morgan fingerprint density at radius 2 is 1.95 bits per heavy atom. The zero-order valence-electron chi connectivity index (χ0n) is 12.0. The molecule has 2 atom stereocenters. The molecule has 0 bridgehead atoms. The molecule has 2 nitrogen and oxygen atoms in total. The lowest BCUT2D eigenvalue weighted by Crippen LogP contribution is -2.41. The van der Waals surface area contributed by atoms with Gasteiger partial charge in [-0.1, -0.05) is 25.5 Å². The Kier molecular flexibility index (Phi) is 4.94. The SMILES string of the molecule is CCCCN(C1CC1)C(c1ccc(F)cc1)C(C)N. The molecule has 2 unspecified atom stereocenters. The van der Waals surface area contributed by atoms with Crippen molar-refractivity contribution in [1.82, 2.24) is 4.90 Å². The quantitative estimate of drug-likeness (QED) is 0.817. The van der Waals surface area contributed by atoms with Gasteiger partial charge in [0.05, 0.1) is 0 Å². The molecule has 1 aliphatic carbocycles. The van der Waals surface area contributed by atoms with Crippen molar-refractivity contribution in [2.45, 2.75) is 57.7 Å². The maximum absolute atomic E-state index is 13.1. The highest BCUT2D eigenvalue weighted by atomic mass is 19.1. The highest BCUT2D eigenvalue weighted by Gasteiger charge is 2.35. The topological polar surface area (TPSA) is 29.3 Å². The van der Waals surface area contributed by atoms with Gasteiger partial charge in [0.2, 0.25) is 0 Å². The Bertz CT molecular complexity index is 384. The second-order valence-electron chi connectivity index (χ2n) is 5.68. The summed E-state index contributed by atoms with van der Waals surface area (Å²) in [7, 11) is 0. The van der Waals surface area contributed by atoms with Gasteiger partial charge in [-0.15, -0.1) is 0 Å². The smallest absolute Gasteiger partial charge is 0.123 e. The third kappa shape index (κ3) is 3.77. The molecule has 106 valence electrons. The minimum atomic E-state index is -0.182. The number of unbranched alkanes of at least 4 members (excludes halogenated alkanes) is 1. The number of halogens is 1. The summed E-state index contributed by atoms with van der Waals surface area (Å²) < 4.78 is 13.1. The highest BCUT2D eigenvalue weighted by Crippen LogP contribution is 2.36. The van der Waals surface area contributed by atoms with Gasteiger partial charge in [-0.3, -0.25) is 4.90 Å². The van der Waals surface area contributed by atoms with E-state index >= 15 is 0 Å². The standard InChI is InChI=1S/C16H25FN2/c1-3-4-11-19(15-9-10-15)16(12(2)18)13-5-7-14(17)8-6-13/h5-8,12,15-16H,3-4,9-11,18H2,1-2H3. The molecule has 19 heavy (non-hydrogen) atoms. The van der Waals surface area contributed by atoms with Crippen LogP contribution in [0.25, 0.3) is 0 Å². The maximum atomic E-state index is 13.1. The van der Waals surface area contributed by atoms with Crippen molar-refractivity contribution in [2.75, 3.05) is 6.54 Å². The molecule has 2 rings (SSSR count). The Morgan fingerprint density at radius 1 is 1.32 bits per heavy atom. The maximum Gasteiger partial charge on any atom is 0.123 e. The first-order chi connectivity index (χ1) is 9.13. The third-order valence-electron chi connectivity index (χ3n) is 3.85. The first-order valence-corrected chi connectivity index (χ1v) is 7.40. The first kappa shape index (κ1) is 14.5. The van der Waals surface area contributed by atoms with E-state index in [0.717, 1.165) is 12.1 Å². The molecule has 0 aliphatic heterocycles. The van der Waals surface area contributed by atoms with Crippen LogP contribution in [0.4, 0.5) is 4.39 Å². The average Bonchev–Trinajstić information content (AvgIpc) is 3.20. The second kappa shape index (κ2) is 6.49.